The molecule has 1 saturated heterocycles. The van der Waals surface area contributed by atoms with Gasteiger partial charge in [-0.1, -0.05) is 23.4 Å². The van der Waals surface area contributed by atoms with E-state index in [0.29, 0.717) is 22.5 Å². The van der Waals surface area contributed by atoms with Crippen molar-refractivity contribution in [1.29, 1.82) is 0 Å². The van der Waals surface area contributed by atoms with Crippen LogP contribution in [0.5, 0.6) is 0 Å². The number of hydrogen-bond donors (Lipinski definition) is 1. The lowest BCUT2D eigenvalue weighted by atomic mass is 10.2. The average Bonchev–Trinajstić information content (AvgIpc) is 2.77. The van der Waals surface area contributed by atoms with Crippen molar-refractivity contribution in [2.24, 2.45) is 0 Å². The monoisotopic (exact) mass is 356 g/mol. The van der Waals surface area contributed by atoms with Gasteiger partial charge in [-0.3, -0.25) is 24.1 Å². The molecule has 1 heterocycles. The molecule has 122 valence electrons. The van der Waals surface area contributed by atoms with Gasteiger partial charge >= 0.3 is 5.97 Å². The lowest BCUT2D eigenvalue weighted by molar-refractivity contribution is -0.142. The van der Waals surface area contributed by atoms with E-state index in [1.54, 1.807) is 24.3 Å². The number of hydrogen-bond acceptors (Lipinski definition) is 6. The third-order valence-electron chi connectivity index (χ3n) is 3.01. The van der Waals surface area contributed by atoms with Gasteiger partial charge in [-0.25, -0.2) is 0 Å². The summed E-state index contributed by atoms with van der Waals surface area (Å²) in [5, 5.41) is 1.67. The number of halogens is 1. The van der Waals surface area contributed by atoms with Gasteiger partial charge in [0.1, 0.15) is 11.8 Å². The first-order valence-electron chi connectivity index (χ1n) is 6.55. The molecule has 1 atom stereocenters. The molecule has 2 rings (SSSR count). The highest BCUT2D eigenvalue weighted by atomic mass is 35.5. The van der Waals surface area contributed by atoms with Crippen LogP contribution in [0.1, 0.15) is 6.42 Å². The van der Waals surface area contributed by atoms with Gasteiger partial charge in [-0.15, -0.1) is 0 Å². The normalized spacial score (nSPS) is 17.3. The van der Waals surface area contributed by atoms with Crippen molar-refractivity contribution >= 4 is 52.1 Å². The number of carbonyl (C=O) groups is 4. The molecule has 0 aliphatic carbocycles. The van der Waals surface area contributed by atoms with Crippen LogP contribution in [0.3, 0.4) is 0 Å². The number of carbonyl (C=O) groups excluding carboxylic acids is 4. The molecule has 1 aromatic carbocycles. The number of methoxy groups -OCH3 is 1. The summed E-state index contributed by atoms with van der Waals surface area (Å²) in [5.74, 6) is -1.68. The van der Waals surface area contributed by atoms with E-state index in [9.17, 15) is 19.2 Å². The van der Waals surface area contributed by atoms with Crippen LogP contribution in [0.25, 0.3) is 0 Å². The Morgan fingerprint density at radius 3 is 2.57 bits per heavy atom. The largest absolute Gasteiger partial charge is 0.469 e. The summed E-state index contributed by atoms with van der Waals surface area (Å²) in [6, 6.07) is 6.41. The first kappa shape index (κ1) is 17.3. The number of benzene rings is 1. The summed E-state index contributed by atoms with van der Waals surface area (Å²) in [4.78, 5) is 47.9. The second kappa shape index (κ2) is 7.47. The van der Waals surface area contributed by atoms with E-state index in [2.05, 4.69) is 10.1 Å². The van der Waals surface area contributed by atoms with E-state index in [1.165, 1.54) is 7.11 Å². The molecule has 1 N–H and O–H groups in total. The van der Waals surface area contributed by atoms with E-state index in [4.69, 9.17) is 11.6 Å². The second-order valence-electron chi connectivity index (χ2n) is 4.63. The molecule has 0 unspecified atom stereocenters. The third-order valence-corrected chi connectivity index (χ3v) is 4.34. The van der Waals surface area contributed by atoms with Crippen LogP contribution >= 0.6 is 23.4 Å². The van der Waals surface area contributed by atoms with E-state index < -0.39 is 34.8 Å². The number of anilines is 1. The molecule has 3 amide bonds. The number of ether oxygens (including phenoxy) is 1. The van der Waals surface area contributed by atoms with Gasteiger partial charge in [0.05, 0.1) is 13.5 Å². The van der Waals surface area contributed by atoms with Crippen LogP contribution in [0.15, 0.2) is 24.3 Å². The Bertz CT molecular complexity index is 649. The molecule has 23 heavy (non-hydrogen) atoms. The Balaban J connectivity index is 1.95. The molecule has 1 aliphatic heterocycles. The van der Waals surface area contributed by atoms with Crippen LogP contribution < -0.4 is 5.32 Å². The maximum atomic E-state index is 12.1. The van der Waals surface area contributed by atoms with Crippen molar-refractivity contribution < 1.29 is 23.9 Å². The van der Waals surface area contributed by atoms with Gasteiger partial charge in [0.2, 0.25) is 11.8 Å². The number of nitrogens with zero attached hydrogens (tertiary/aromatic N) is 1. The third kappa shape index (κ3) is 4.46. The zero-order valence-corrected chi connectivity index (χ0v) is 13.6. The summed E-state index contributed by atoms with van der Waals surface area (Å²) >= 11 is 6.46. The number of rotatable bonds is 5. The highest BCUT2D eigenvalue weighted by Gasteiger charge is 2.41. The van der Waals surface area contributed by atoms with E-state index in [0.717, 1.165) is 4.90 Å². The Labute approximate surface area is 141 Å². The minimum Gasteiger partial charge on any atom is -0.469 e. The van der Waals surface area contributed by atoms with Crippen LogP contribution in [0.2, 0.25) is 5.02 Å². The molecule has 1 aromatic rings. The van der Waals surface area contributed by atoms with Crippen LogP contribution in [-0.2, 0) is 19.1 Å². The van der Waals surface area contributed by atoms with Crippen molar-refractivity contribution in [2.75, 3.05) is 19.0 Å². The Morgan fingerprint density at radius 1 is 1.30 bits per heavy atom. The van der Waals surface area contributed by atoms with E-state index >= 15 is 0 Å². The zero-order chi connectivity index (χ0) is 17.0. The summed E-state index contributed by atoms with van der Waals surface area (Å²) in [6.45, 7) is -0.412. The molecule has 9 heteroatoms. The highest BCUT2D eigenvalue weighted by Crippen LogP contribution is 2.29. The van der Waals surface area contributed by atoms with Crippen LogP contribution in [0, 0.1) is 0 Å². The predicted octanol–water partition coefficient (Wildman–Crippen LogP) is 1.91. The Hall–Kier alpha value is -2.06. The minimum atomic E-state index is -0.849. The quantitative estimate of drug-likeness (QED) is 0.810. The lowest BCUT2D eigenvalue weighted by Crippen LogP contribution is -2.38. The van der Waals surface area contributed by atoms with Gasteiger partial charge < -0.3 is 10.1 Å². The Morgan fingerprint density at radius 2 is 1.96 bits per heavy atom. The fourth-order valence-electron chi connectivity index (χ4n) is 1.88. The number of esters is 1. The zero-order valence-electron chi connectivity index (χ0n) is 12.1. The molecule has 0 bridgehead atoms. The molecule has 1 fully saturated rings. The van der Waals surface area contributed by atoms with Crippen LogP contribution in [0.4, 0.5) is 10.5 Å². The van der Waals surface area contributed by atoms with Crippen LogP contribution in [-0.4, -0.2) is 46.8 Å². The van der Waals surface area contributed by atoms with Crippen molar-refractivity contribution in [3.05, 3.63) is 29.3 Å². The van der Waals surface area contributed by atoms with E-state index in [-0.39, 0.29) is 6.42 Å². The van der Waals surface area contributed by atoms with Gasteiger partial charge in [0.15, 0.2) is 0 Å². The SMILES string of the molecule is COC(=O)C[C@@H]1SC(=O)N(CC(=O)Nc2ccc(Cl)cc2)C1=O. The van der Waals surface area contributed by atoms with Crippen molar-refractivity contribution in [1.82, 2.24) is 4.90 Å². The van der Waals surface area contributed by atoms with Gasteiger partial charge in [-0.05, 0) is 24.3 Å². The molecule has 0 spiro atoms. The molecule has 0 saturated carbocycles. The average molecular weight is 357 g/mol. The first-order valence-corrected chi connectivity index (χ1v) is 7.80. The molecular formula is C14H13ClN2O5S. The number of imide groups is 1. The highest BCUT2D eigenvalue weighted by molar-refractivity contribution is 8.15. The second-order valence-corrected chi connectivity index (χ2v) is 6.22. The summed E-state index contributed by atoms with van der Waals surface area (Å²) in [7, 11) is 1.20. The summed E-state index contributed by atoms with van der Waals surface area (Å²) < 4.78 is 4.48. The van der Waals surface area contributed by atoms with Crippen molar-refractivity contribution in [3.8, 4) is 0 Å². The van der Waals surface area contributed by atoms with Gasteiger partial charge in [0, 0.05) is 10.7 Å². The van der Waals surface area contributed by atoms with Gasteiger partial charge in [0.25, 0.3) is 5.24 Å². The first-order chi connectivity index (χ1) is 10.9. The number of nitrogens with one attached hydrogen (secondary N) is 1. The molecule has 0 radical (unpaired) electrons. The smallest absolute Gasteiger partial charge is 0.307 e. The molecule has 1 aliphatic rings. The maximum Gasteiger partial charge on any atom is 0.307 e. The number of thioether (sulfide) groups is 1. The Kier molecular flexibility index (Phi) is 5.62. The number of amides is 3. The van der Waals surface area contributed by atoms with Crippen molar-refractivity contribution in [2.45, 2.75) is 11.7 Å². The standard InChI is InChI=1S/C14H13ClN2O5S/c1-22-12(19)6-10-13(20)17(14(21)23-10)7-11(18)16-9-4-2-8(15)3-5-9/h2-5,10H,6-7H2,1H3,(H,16,18)/t10-/m0/s1. The molecule has 0 aromatic heterocycles. The molecule has 7 nitrogen and oxygen atoms in total. The summed E-state index contributed by atoms with van der Waals surface area (Å²) in [6.07, 6.45) is -0.207. The maximum absolute atomic E-state index is 12.1. The van der Waals surface area contributed by atoms with Crippen molar-refractivity contribution in [3.63, 3.8) is 0 Å². The summed E-state index contributed by atoms with van der Waals surface area (Å²) in [5.41, 5.74) is 0.497. The lowest BCUT2D eigenvalue weighted by Gasteiger charge is -2.13. The predicted molar refractivity (Wildman–Crippen MR) is 85.2 cm³/mol. The molecular weight excluding hydrogens is 344 g/mol. The minimum absolute atomic E-state index is 0.207. The fraction of sp³-hybridized carbons (Fsp3) is 0.286. The fourth-order valence-corrected chi connectivity index (χ4v) is 2.98. The topological polar surface area (TPSA) is 92.8 Å². The van der Waals surface area contributed by atoms with E-state index in [1.807, 2.05) is 0 Å². The van der Waals surface area contributed by atoms with Gasteiger partial charge in [-0.2, -0.15) is 0 Å².